The lowest BCUT2D eigenvalue weighted by Crippen LogP contribution is -2.50. The van der Waals surface area contributed by atoms with Crippen molar-refractivity contribution < 1.29 is 0 Å². The summed E-state index contributed by atoms with van der Waals surface area (Å²) >= 11 is 0. The van der Waals surface area contributed by atoms with E-state index < -0.39 is 0 Å². The first-order chi connectivity index (χ1) is 5.81. The molecule has 12 heavy (non-hydrogen) atoms. The molecule has 0 amide bonds. The van der Waals surface area contributed by atoms with Gasteiger partial charge in [-0.15, -0.1) is 0 Å². The average molecular weight is 166 g/mol. The third-order valence-corrected chi connectivity index (χ3v) is 2.37. The SMILES string of the molecule is Cn1ccnc1N1CC(CN)C1. The van der Waals surface area contributed by atoms with E-state index >= 15 is 0 Å². The second-order valence-electron chi connectivity index (χ2n) is 3.34. The Bertz CT molecular complexity index is 262. The highest BCUT2D eigenvalue weighted by Crippen LogP contribution is 2.20. The van der Waals surface area contributed by atoms with Crippen LogP contribution in [0.5, 0.6) is 0 Å². The van der Waals surface area contributed by atoms with Gasteiger partial charge in [0.2, 0.25) is 5.95 Å². The van der Waals surface area contributed by atoms with Gasteiger partial charge < -0.3 is 15.2 Å². The van der Waals surface area contributed by atoms with Gasteiger partial charge in [-0.05, 0) is 6.54 Å². The first kappa shape index (κ1) is 7.61. The van der Waals surface area contributed by atoms with Crippen molar-refractivity contribution in [3.05, 3.63) is 12.4 Å². The summed E-state index contributed by atoms with van der Waals surface area (Å²) in [6.45, 7) is 2.91. The lowest BCUT2D eigenvalue weighted by atomic mass is 10.0. The number of hydrogen-bond acceptors (Lipinski definition) is 3. The molecule has 1 saturated heterocycles. The van der Waals surface area contributed by atoms with E-state index in [1.165, 1.54) is 0 Å². The molecule has 0 radical (unpaired) electrons. The maximum absolute atomic E-state index is 5.53. The van der Waals surface area contributed by atoms with Gasteiger partial charge >= 0.3 is 0 Å². The zero-order valence-electron chi connectivity index (χ0n) is 7.27. The van der Waals surface area contributed by atoms with Crippen LogP contribution >= 0.6 is 0 Å². The molecule has 0 spiro atoms. The number of anilines is 1. The van der Waals surface area contributed by atoms with Crippen molar-refractivity contribution >= 4 is 5.95 Å². The Labute approximate surface area is 72.0 Å². The minimum atomic E-state index is 0.668. The summed E-state index contributed by atoms with van der Waals surface area (Å²) in [6.07, 6.45) is 3.79. The Morgan fingerprint density at radius 3 is 2.92 bits per heavy atom. The summed E-state index contributed by atoms with van der Waals surface area (Å²) in [5.74, 6) is 1.72. The van der Waals surface area contributed by atoms with Crippen LogP contribution in [0.3, 0.4) is 0 Å². The number of imidazole rings is 1. The smallest absolute Gasteiger partial charge is 0.205 e. The highest BCUT2D eigenvalue weighted by Gasteiger charge is 2.27. The lowest BCUT2D eigenvalue weighted by molar-refractivity contribution is 0.410. The van der Waals surface area contributed by atoms with Gasteiger partial charge in [0, 0.05) is 38.4 Å². The number of aryl methyl sites for hydroxylation is 1. The molecule has 0 atom stereocenters. The molecule has 0 bridgehead atoms. The van der Waals surface area contributed by atoms with Crippen molar-refractivity contribution in [3.63, 3.8) is 0 Å². The van der Waals surface area contributed by atoms with Crippen molar-refractivity contribution in [2.75, 3.05) is 24.5 Å². The maximum atomic E-state index is 5.53. The van der Waals surface area contributed by atoms with Crippen molar-refractivity contribution in [1.82, 2.24) is 9.55 Å². The number of nitrogens with zero attached hydrogens (tertiary/aromatic N) is 3. The third-order valence-electron chi connectivity index (χ3n) is 2.37. The summed E-state index contributed by atoms with van der Waals surface area (Å²) in [6, 6.07) is 0. The summed E-state index contributed by atoms with van der Waals surface area (Å²) in [4.78, 5) is 6.50. The molecule has 1 aromatic rings. The highest BCUT2D eigenvalue weighted by atomic mass is 15.3. The van der Waals surface area contributed by atoms with Crippen LogP contribution < -0.4 is 10.6 Å². The molecular weight excluding hydrogens is 152 g/mol. The molecule has 1 aliphatic rings. The molecule has 0 unspecified atom stereocenters. The molecule has 0 aliphatic carbocycles. The Kier molecular flexibility index (Phi) is 1.77. The fourth-order valence-electron chi connectivity index (χ4n) is 1.54. The number of hydrogen-bond donors (Lipinski definition) is 1. The zero-order chi connectivity index (χ0) is 8.55. The van der Waals surface area contributed by atoms with Gasteiger partial charge in [0.1, 0.15) is 0 Å². The minimum Gasteiger partial charge on any atom is -0.341 e. The minimum absolute atomic E-state index is 0.668. The van der Waals surface area contributed by atoms with E-state index in [0.717, 1.165) is 25.6 Å². The second kappa shape index (κ2) is 2.79. The van der Waals surface area contributed by atoms with Gasteiger partial charge in [-0.3, -0.25) is 0 Å². The second-order valence-corrected chi connectivity index (χ2v) is 3.34. The van der Waals surface area contributed by atoms with Gasteiger partial charge in [0.15, 0.2) is 0 Å². The average Bonchev–Trinajstić information content (AvgIpc) is 2.35. The molecule has 2 rings (SSSR count). The van der Waals surface area contributed by atoms with Crippen LogP contribution in [0.15, 0.2) is 12.4 Å². The van der Waals surface area contributed by atoms with E-state index in [-0.39, 0.29) is 0 Å². The van der Waals surface area contributed by atoms with Gasteiger partial charge in [-0.25, -0.2) is 4.98 Å². The van der Waals surface area contributed by atoms with Crippen molar-refractivity contribution in [2.45, 2.75) is 0 Å². The lowest BCUT2D eigenvalue weighted by Gasteiger charge is -2.39. The van der Waals surface area contributed by atoms with E-state index in [0.29, 0.717) is 5.92 Å². The monoisotopic (exact) mass is 166 g/mol. The summed E-state index contributed by atoms with van der Waals surface area (Å²) in [5, 5.41) is 0. The molecule has 1 aliphatic heterocycles. The van der Waals surface area contributed by atoms with Crippen LogP contribution in [-0.4, -0.2) is 29.2 Å². The Morgan fingerprint density at radius 1 is 1.67 bits per heavy atom. The third kappa shape index (κ3) is 1.08. The molecule has 2 N–H and O–H groups in total. The summed E-state index contributed by atoms with van der Waals surface area (Å²) in [7, 11) is 2.01. The van der Waals surface area contributed by atoms with Gasteiger partial charge in [0.25, 0.3) is 0 Å². The normalized spacial score (nSPS) is 18.0. The van der Waals surface area contributed by atoms with E-state index in [2.05, 4.69) is 9.88 Å². The molecule has 0 saturated carbocycles. The van der Waals surface area contributed by atoms with Crippen LogP contribution in [0.4, 0.5) is 5.95 Å². The van der Waals surface area contributed by atoms with Crippen LogP contribution in [0, 0.1) is 5.92 Å². The van der Waals surface area contributed by atoms with Crippen LogP contribution in [0.2, 0.25) is 0 Å². The Hall–Kier alpha value is -1.03. The molecule has 4 nitrogen and oxygen atoms in total. The predicted octanol–water partition coefficient (Wildman–Crippen LogP) is -0.185. The van der Waals surface area contributed by atoms with Crippen molar-refractivity contribution in [2.24, 2.45) is 18.7 Å². The molecule has 1 fully saturated rings. The zero-order valence-corrected chi connectivity index (χ0v) is 7.27. The summed E-state index contributed by atoms with van der Waals surface area (Å²) < 4.78 is 2.03. The topological polar surface area (TPSA) is 47.1 Å². The molecule has 4 heteroatoms. The maximum Gasteiger partial charge on any atom is 0.205 e. The van der Waals surface area contributed by atoms with E-state index in [4.69, 9.17) is 5.73 Å². The quantitative estimate of drug-likeness (QED) is 0.662. The van der Waals surface area contributed by atoms with Crippen molar-refractivity contribution in [1.29, 1.82) is 0 Å². The molecule has 1 aromatic heterocycles. The van der Waals surface area contributed by atoms with Gasteiger partial charge in [0.05, 0.1) is 0 Å². The first-order valence-corrected chi connectivity index (χ1v) is 4.23. The van der Waals surface area contributed by atoms with Crippen LogP contribution in [0.1, 0.15) is 0 Å². The number of nitrogens with two attached hydrogens (primary N) is 1. The Morgan fingerprint density at radius 2 is 2.42 bits per heavy atom. The Balaban J connectivity index is 2.01. The number of rotatable bonds is 2. The standard InChI is InChI=1S/C8H14N4/c1-11-3-2-10-8(11)12-5-7(4-9)6-12/h2-3,7H,4-6,9H2,1H3. The predicted molar refractivity (Wildman–Crippen MR) is 48.0 cm³/mol. The fraction of sp³-hybridized carbons (Fsp3) is 0.625. The fourth-order valence-corrected chi connectivity index (χ4v) is 1.54. The molecule has 0 aromatic carbocycles. The van der Waals surface area contributed by atoms with E-state index in [1.54, 1.807) is 0 Å². The van der Waals surface area contributed by atoms with E-state index in [9.17, 15) is 0 Å². The molecular formula is C8H14N4. The van der Waals surface area contributed by atoms with Gasteiger partial charge in [-0.2, -0.15) is 0 Å². The van der Waals surface area contributed by atoms with Crippen LogP contribution in [-0.2, 0) is 7.05 Å². The van der Waals surface area contributed by atoms with E-state index in [1.807, 2.05) is 24.0 Å². The summed E-state index contributed by atoms with van der Waals surface area (Å²) in [5.41, 5.74) is 5.53. The number of aromatic nitrogens is 2. The molecule has 2 heterocycles. The largest absolute Gasteiger partial charge is 0.341 e. The van der Waals surface area contributed by atoms with Gasteiger partial charge in [-0.1, -0.05) is 0 Å². The highest BCUT2D eigenvalue weighted by molar-refractivity contribution is 5.35. The molecule has 66 valence electrons. The first-order valence-electron chi connectivity index (χ1n) is 4.23. The van der Waals surface area contributed by atoms with Crippen LogP contribution in [0.25, 0.3) is 0 Å². The van der Waals surface area contributed by atoms with Crippen molar-refractivity contribution in [3.8, 4) is 0 Å².